The molecule has 2 aliphatic rings. The Morgan fingerprint density at radius 1 is 0.545 bits per heavy atom. The van der Waals surface area contributed by atoms with Crippen molar-refractivity contribution in [1.82, 2.24) is 0 Å². The maximum atomic E-state index is 6.19. The van der Waals surface area contributed by atoms with Crippen LogP contribution in [0.5, 0.6) is 11.5 Å². The largest absolute Gasteiger partial charge is 0.633 e. The molecule has 2 aromatic rings. The number of rotatable bonds is 2. The van der Waals surface area contributed by atoms with Crippen molar-refractivity contribution in [3.63, 3.8) is 0 Å². The molecule has 8 nitrogen and oxygen atoms in total. The van der Waals surface area contributed by atoms with Gasteiger partial charge in [-0.15, -0.1) is 0 Å². The van der Waals surface area contributed by atoms with Crippen molar-refractivity contribution in [2.45, 2.75) is 6.10 Å². The Kier molecular flexibility index (Phi) is 9.85. The number of fused-ring (bicyclic) bond motifs is 1. The van der Waals surface area contributed by atoms with Crippen molar-refractivity contribution < 1.29 is 37.7 Å². The second-order valence-corrected chi connectivity index (χ2v) is 7.53. The second kappa shape index (κ2) is 13.5. The van der Waals surface area contributed by atoms with Crippen LogP contribution >= 0.6 is 0 Å². The van der Waals surface area contributed by atoms with E-state index in [4.69, 9.17) is 37.7 Å². The molecule has 178 valence electrons. The second-order valence-electron chi connectivity index (χ2n) is 7.53. The van der Waals surface area contributed by atoms with Crippen LogP contribution in [0.3, 0.4) is 0 Å². The summed E-state index contributed by atoms with van der Waals surface area (Å²) in [6.45, 7) is 5.37. The first kappa shape index (κ1) is 24.0. The Bertz CT molecular complexity index is 793. The summed E-state index contributed by atoms with van der Waals surface area (Å²) in [4.78, 5) is 0. The number of hydrogen-bond donors (Lipinski definition) is 0. The number of hydrogen-bond acceptors (Lipinski definition) is 8. The first-order valence-electron chi connectivity index (χ1n) is 11.4. The van der Waals surface area contributed by atoms with Gasteiger partial charge >= 0.3 is 7.12 Å². The van der Waals surface area contributed by atoms with Crippen LogP contribution in [0.2, 0.25) is 0 Å². The van der Waals surface area contributed by atoms with Gasteiger partial charge in [-0.2, -0.15) is 0 Å². The van der Waals surface area contributed by atoms with E-state index in [1.54, 1.807) is 0 Å². The molecule has 0 bridgehead atoms. The van der Waals surface area contributed by atoms with E-state index in [1.165, 1.54) is 0 Å². The van der Waals surface area contributed by atoms with Gasteiger partial charge in [0.1, 0.15) is 17.6 Å². The molecule has 9 heteroatoms. The lowest BCUT2D eigenvalue weighted by Crippen LogP contribution is -2.42. The topological polar surface area (TPSA) is 73.8 Å². The minimum absolute atomic E-state index is 0.306. The Balaban J connectivity index is 1.40. The molecule has 2 aromatic carbocycles. The minimum atomic E-state index is -0.535. The van der Waals surface area contributed by atoms with Crippen molar-refractivity contribution in [3.05, 3.63) is 54.1 Å². The SMILES string of the molecule is c1ccc2c(c1)OB(c1ccccc1C1COCCOCCOCCOCCOCCO1)O2. The number of para-hydroxylation sites is 2. The zero-order chi connectivity index (χ0) is 22.6. The molecule has 0 aromatic heterocycles. The Hall–Kier alpha value is -2.14. The maximum absolute atomic E-state index is 6.19. The molecule has 0 amide bonds. The molecule has 1 saturated heterocycles. The Labute approximate surface area is 195 Å². The van der Waals surface area contributed by atoms with E-state index >= 15 is 0 Å². The van der Waals surface area contributed by atoms with Gasteiger partial charge in [-0.05, 0) is 17.7 Å². The van der Waals surface area contributed by atoms with Crippen LogP contribution in [0, 0.1) is 0 Å². The normalized spacial score (nSPS) is 21.8. The summed E-state index contributed by atoms with van der Waals surface area (Å²) in [5, 5.41) is 0. The zero-order valence-corrected chi connectivity index (χ0v) is 18.8. The average molecular weight is 458 g/mol. The van der Waals surface area contributed by atoms with E-state index in [2.05, 4.69) is 0 Å². The fourth-order valence-corrected chi connectivity index (χ4v) is 3.59. The lowest BCUT2D eigenvalue weighted by Gasteiger charge is -2.22. The monoisotopic (exact) mass is 458 g/mol. The van der Waals surface area contributed by atoms with Crippen molar-refractivity contribution >= 4 is 12.6 Å². The van der Waals surface area contributed by atoms with Gasteiger partial charge in [-0.1, -0.05) is 36.4 Å². The van der Waals surface area contributed by atoms with Gasteiger partial charge in [0, 0.05) is 5.46 Å². The average Bonchev–Trinajstić information content (AvgIpc) is 3.28. The quantitative estimate of drug-likeness (QED) is 0.633. The van der Waals surface area contributed by atoms with Gasteiger partial charge in [0.25, 0.3) is 0 Å². The summed E-state index contributed by atoms with van der Waals surface area (Å²) < 4.78 is 46.3. The van der Waals surface area contributed by atoms with Crippen LogP contribution in [-0.2, 0) is 28.4 Å². The molecule has 0 saturated carbocycles. The van der Waals surface area contributed by atoms with E-state index in [0.29, 0.717) is 72.7 Å². The lowest BCUT2D eigenvalue weighted by molar-refractivity contribution is -0.0614. The fourth-order valence-electron chi connectivity index (χ4n) is 3.59. The van der Waals surface area contributed by atoms with Crippen molar-refractivity contribution in [1.29, 1.82) is 0 Å². The lowest BCUT2D eigenvalue weighted by atomic mass is 9.75. The number of ether oxygens (including phenoxy) is 6. The zero-order valence-electron chi connectivity index (χ0n) is 18.8. The maximum Gasteiger partial charge on any atom is 0.633 e. The van der Waals surface area contributed by atoms with Gasteiger partial charge in [-0.25, -0.2) is 0 Å². The molecule has 1 atom stereocenters. The summed E-state index contributed by atoms with van der Waals surface area (Å²) in [7, 11) is -0.535. The van der Waals surface area contributed by atoms with Crippen LogP contribution in [0.4, 0.5) is 0 Å². The van der Waals surface area contributed by atoms with Crippen LogP contribution in [-0.4, -0.2) is 79.8 Å². The van der Waals surface area contributed by atoms with Gasteiger partial charge in [0.2, 0.25) is 0 Å². The Morgan fingerprint density at radius 2 is 1.03 bits per heavy atom. The van der Waals surface area contributed by atoms with Crippen LogP contribution < -0.4 is 14.8 Å². The first-order valence-corrected chi connectivity index (χ1v) is 11.4. The van der Waals surface area contributed by atoms with E-state index in [-0.39, 0.29) is 6.10 Å². The third kappa shape index (κ3) is 7.43. The highest BCUT2D eigenvalue weighted by Crippen LogP contribution is 2.33. The molecule has 2 aliphatic heterocycles. The van der Waals surface area contributed by atoms with Crippen LogP contribution in [0.25, 0.3) is 0 Å². The summed E-state index contributed by atoms with van der Waals surface area (Å²) in [6.07, 6.45) is -0.306. The molecule has 4 rings (SSSR count). The highest BCUT2D eigenvalue weighted by molar-refractivity contribution is 6.64. The molecular formula is C24H31BO8. The van der Waals surface area contributed by atoms with Gasteiger partial charge in [0.05, 0.1) is 72.7 Å². The molecule has 0 N–H and O–H groups in total. The molecule has 1 unspecified atom stereocenters. The molecule has 0 spiro atoms. The first-order chi connectivity index (χ1) is 16.4. The predicted molar refractivity (Wildman–Crippen MR) is 122 cm³/mol. The molecule has 0 radical (unpaired) electrons. The third-order valence-electron chi connectivity index (χ3n) is 5.22. The molecule has 0 aliphatic carbocycles. The minimum Gasteiger partial charge on any atom is -0.519 e. The molecule has 2 heterocycles. The van der Waals surface area contributed by atoms with Gasteiger partial charge < -0.3 is 37.7 Å². The Morgan fingerprint density at radius 3 is 1.64 bits per heavy atom. The van der Waals surface area contributed by atoms with Crippen molar-refractivity contribution in [2.75, 3.05) is 72.7 Å². The predicted octanol–water partition coefficient (Wildman–Crippen LogP) is 2.01. The standard InChI is InChI=1S/C24H31BO8/c1-2-6-21(25-32-22-7-3-4-8-23(22)33-25)20(5-1)24-19-30-16-15-28-12-11-26-9-10-27-13-14-29-17-18-31-24/h1-8,24H,9-19H2. The van der Waals surface area contributed by atoms with Crippen LogP contribution in [0.1, 0.15) is 11.7 Å². The van der Waals surface area contributed by atoms with Crippen LogP contribution in [0.15, 0.2) is 48.5 Å². The smallest absolute Gasteiger partial charge is 0.519 e. The highest BCUT2D eigenvalue weighted by atomic mass is 16.6. The molecular weight excluding hydrogens is 427 g/mol. The molecule has 1 fully saturated rings. The highest BCUT2D eigenvalue weighted by Gasteiger charge is 2.37. The van der Waals surface area contributed by atoms with E-state index in [0.717, 1.165) is 22.5 Å². The van der Waals surface area contributed by atoms with E-state index < -0.39 is 7.12 Å². The van der Waals surface area contributed by atoms with E-state index in [9.17, 15) is 0 Å². The number of benzene rings is 2. The summed E-state index contributed by atoms with van der Waals surface area (Å²) in [6, 6.07) is 15.6. The van der Waals surface area contributed by atoms with Gasteiger partial charge in [-0.3, -0.25) is 0 Å². The van der Waals surface area contributed by atoms with Gasteiger partial charge in [0.15, 0.2) is 0 Å². The van der Waals surface area contributed by atoms with Crippen molar-refractivity contribution in [2.24, 2.45) is 0 Å². The summed E-state index contributed by atoms with van der Waals surface area (Å²) in [5.74, 6) is 1.46. The summed E-state index contributed by atoms with van der Waals surface area (Å²) >= 11 is 0. The molecule has 33 heavy (non-hydrogen) atoms. The summed E-state index contributed by atoms with van der Waals surface area (Å²) in [5.41, 5.74) is 1.87. The van der Waals surface area contributed by atoms with Crippen molar-refractivity contribution in [3.8, 4) is 11.5 Å². The third-order valence-corrected chi connectivity index (χ3v) is 5.22. The van der Waals surface area contributed by atoms with E-state index in [1.807, 2.05) is 48.5 Å². The fraction of sp³-hybridized carbons (Fsp3) is 0.500.